The highest BCUT2D eigenvalue weighted by atomic mass is 32.2. The minimum Gasteiger partial charge on any atom is -0.597 e. The Hall–Kier alpha value is -2.11. The molecule has 0 aromatic heterocycles. The van der Waals surface area contributed by atoms with Gasteiger partial charge in [0.25, 0.3) is 0 Å². The lowest BCUT2D eigenvalue weighted by Gasteiger charge is -2.38. The predicted octanol–water partition coefficient (Wildman–Crippen LogP) is 0.270. The molecular formula is C16H18N4O5S. The van der Waals surface area contributed by atoms with E-state index in [4.69, 9.17) is 4.74 Å². The van der Waals surface area contributed by atoms with Crippen molar-refractivity contribution in [1.82, 2.24) is 4.90 Å². The van der Waals surface area contributed by atoms with E-state index >= 15 is 0 Å². The van der Waals surface area contributed by atoms with Crippen LogP contribution >= 0.6 is 0 Å². The minimum absolute atomic E-state index is 0.0669. The first-order chi connectivity index (χ1) is 12.4. The van der Waals surface area contributed by atoms with E-state index in [-0.39, 0.29) is 27.7 Å². The second-order valence-electron chi connectivity index (χ2n) is 6.29. The number of amides is 1. The fraction of sp³-hybridized carbons (Fsp3) is 0.375. The maximum absolute atomic E-state index is 12.9. The number of hydroxylamine groups is 2. The third-order valence-electron chi connectivity index (χ3n) is 4.69. The van der Waals surface area contributed by atoms with Crippen molar-refractivity contribution in [1.29, 1.82) is 0 Å². The maximum atomic E-state index is 12.9. The van der Waals surface area contributed by atoms with Crippen LogP contribution in [0, 0.1) is 5.21 Å². The number of quaternary nitrogens is 1. The van der Waals surface area contributed by atoms with Gasteiger partial charge in [0.2, 0.25) is 9.84 Å². The van der Waals surface area contributed by atoms with Crippen molar-refractivity contribution in [3.63, 3.8) is 0 Å². The van der Waals surface area contributed by atoms with Crippen molar-refractivity contribution >= 4 is 27.6 Å². The average molecular weight is 378 g/mol. The summed E-state index contributed by atoms with van der Waals surface area (Å²) in [7, 11) is -3.89. The molecule has 26 heavy (non-hydrogen) atoms. The van der Waals surface area contributed by atoms with Crippen LogP contribution in [0.1, 0.15) is 0 Å². The van der Waals surface area contributed by atoms with Crippen LogP contribution in [0.3, 0.4) is 0 Å². The zero-order valence-corrected chi connectivity index (χ0v) is 14.7. The summed E-state index contributed by atoms with van der Waals surface area (Å²) < 4.78 is 29.3. The van der Waals surface area contributed by atoms with Crippen LogP contribution in [0.2, 0.25) is 0 Å². The van der Waals surface area contributed by atoms with Crippen LogP contribution < -0.4 is 5.32 Å². The molecule has 1 atom stereocenters. The predicted molar refractivity (Wildman–Crippen MR) is 93.5 cm³/mol. The number of sulfone groups is 1. The Kier molecular flexibility index (Phi) is 4.16. The molecule has 0 radical (unpaired) electrons. The first-order valence-corrected chi connectivity index (χ1v) is 9.75. The molecule has 0 spiro atoms. The Morgan fingerprint density at radius 2 is 2.00 bits per heavy atom. The second kappa shape index (κ2) is 6.25. The SMILES string of the molecule is O=C1C2=C(C=N[N+]1([O-])CCN1CCOCC1)S(=O)(=O)c1ccccc1N2. The molecule has 3 aliphatic rings. The maximum Gasteiger partial charge on any atom is 0.389 e. The first kappa shape index (κ1) is 17.3. The van der Waals surface area contributed by atoms with E-state index < -0.39 is 20.5 Å². The highest BCUT2D eigenvalue weighted by molar-refractivity contribution is 7.96. The summed E-state index contributed by atoms with van der Waals surface area (Å²) in [6.07, 6.45) is 1.00. The lowest BCUT2D eigenvalue weighted by molar-refractivity contribution is -0.808. The number of carbonyl (C=O) groups excluding carboxylic acids is 1. The van der Waals surface area contributed by atoms with E-state index in [0.717, 1.165) is 6.21 Å². The van der Waals surface area contributed by atoms with E-state index in [1.807, 2.05) is 4.90 Å². The van der Waals surface area contributed by atoms with Crippen LogP contribution in [0.4, 0.5) is 5.69 Å². The molecule has 1 N–H and O–H groups in total. The molecule has 1 fully saturated rings. The van der Waals surface area contributed by atoms with Gasteiger partial charge in [-0.1, -0.05) is 17.2 Å². The van der Waals surface area contributed by atoms with E-state index in [2.05, 4.69) is 10.4 Å². The molecule has 3 aliphatic heterocycles. The van der Waals surface area contributed by atoms with Crippen molar-refractivity contribution in [3.8, 4) is 0 Å². The van der Waals surface area contributed by atoms with Gasteiger partial charge in [-0.25, -0.2) is 13.2 Å². The summed E-state index contributed by atoms with van der Waals surface area (Å²) in [5.74, 6) is -0.895. The number of anilines is 1. The molecule has 10 heteroatoms. The monoisotopic (exact) mass is 378 g/mol. The van der Waals surface area contributed by atoms with Crippen molar-refractivity contribution < 1.29 is 22.7 Å². The smallest absolute Gasteiger partial charge is 0.389 e. The number of carbonyl (C=O) groups is 1. The fourth-order valence-corrected chi connectivity index (χ4v) is 4.68. The standard InChI is InChI=1S/C16H18N4O5S/c21-16-15-14(26(23,24)13-4-2-1-3-12(13)18-15)11-17-20(16,22)8-5-19-6-9-25-10-7-19/h1-4,11,18H,5-10H2. The van der Waals surface area contributed by atoms with Gasteiger partial charge in [0.1, 0.15) is 17.7 Å². The van der Waals surface area contributed by atoms with Gasteiger partial charge in [-0.05, 0) is 12.1 Å². The molecule has 3 heterocycles. The number of benzene rings is 1. The number of nitrogens with zero attached hydrogens (tertiary/aromatic N) is 3. The lowest BCUT2D eigenvalue weighted by atomic mass is 10.2. The number of allylic oxidation sites excluding steroid dienone is 1. The number of ether oxygens (including phenoxy) is 1. The Morgan fingerprint density at radius 1 is 1.27 bits per heavy atom. The lowest BCUT2D eigenvalue weighted by Crippen LogP contribution is -2.53. The number of rotatable bonds is 3. The summed E-state index contributed by atoms with van der Waals surface area (Å²) in [6.45, 7) is 2.83. The van der Waals surface area contributed by atoms with Gasteiger partial charge in [0.05, 0.1) is 30.3 Å². The van der Waals surface area contributed by atoms with Crippen molar-refractivity contribution in [2.24, 2.45) is 5.10 Å². The van der Waals surface area contributed by atoms with Gasteiger partial charge in [-0.2, -0.15) is 4.76 Å². The van der Waals surface area contributed by atoms with Crippen LogP contribution in [-0.2, 0) is 19.4 Å². The molecule has 0 bridgehead atoms. The third kappa shape index (κ3) is 2.75. The Bertz CT molecular complexity index is 920. The highest BCUT2D eigenvalue weighted by Crippen LogP contribution is 2.36. The average Bonchev–Trinajstić information content (AvgIpc) is 2.65. The Balaban J connectivity index is 1.61. The quantitative estimate of drug-likeness (QED) is 0.594. The van der Waals surface area contributed by atoms with Crippen molar-refractivity contribution in [2.45, 2.75) is 4.90 Å². The van der Waals surface area contributed by atoms with Gasteiger partial charge in [-0.15, -0.1) is 0 Å². The van der Waals surface area contributed by atoms with Crippen LogP contribution in [-0.4, -0.2) is 69.6 Å². The summed E-state index contributed by atoms with van der Waals surface area (Å²) >= 11 is 0. The van der Waals surface area contributed by atoms with Crippen molar-refractivity contribution in [2.75, 3.05) is 44.7 Å². The molecule has 138 valence electrons. The zero-order chi connectivity index (χ0) is 18.4. The van der Waals surface area contributed by atoms with Gasteiger partial charge >= 0.3 is 5.91 Å². The Labute approximate surface area is 150 Å². The number of hydrogen-bond donors (Lipinski definition) is 1. The van der Waals surface area contributed by atoms with E-state index in [0.29, 0.717) is 32.8 Å². The molecule has 1 aromatic carbocycles. The first-order valence-electron chi connectivity index (χ1n) is 8.27. The topological polar surface area (TPSA) is 111 Å². The summed E-state index contributed by atoms with van der Waals surface area (Å²) in [4.78, 5) is 14.6. The normalized spacial score (nSPS) is 27.7. The minimum atomic E-state index is -3.89. The van der Waals surface area contributed by atoms with E-state index in [1.54, 1.807) is 18.2 Å². The van der Waals surface area contributed by atoms with Crippen molar-refractivity contribution in [3.05, 3.63) is 40.1 Å². The molecule has 1 aromatic rings. The summed E-state index contributed by atoms with van der Waals surface area (Å²) in [5.41, 5.74) is 0.0744. The fourth-order valence-electron chi connectivity index (χ4n) is 3.18. The number of nitrogens with one attached hydrogen (secondary N) is 1. The van der Waals surface area contributed by atoms with Gasteiger partial charge in [-0.3, -0.25) is 4.90 Å². The summed E-state index contributed by atoms with van der Waals surface area (Å²) in [6, 6.07) is 6.27. The van der Waals surface area contributed by atoms with Crippen LogP contribution in [0.5, 0.6) is 0 Å². The molecule has 9 nitrogen and oxygen atoms in total. The van der Waals surface area contributed by atoms with Crippen LogP contribution in [0.15, 0.2) is 44.9 Å². The molecular weight excluding hydrogens is 360 g/mol. The zero-order valence-electron chi connectivity index (χ0n) is 13.9. The molecule has 0 aliphatic carbocycles. The Morgan fingerprint density at radius 3 is 2.77 bits per heavy atom. The number of morpholine rings is 1. The van der Waals surface area contributed by atoms with Gasteiger partial charge in [0.15, 0.2) is 5.70 Å². The molecule has 1 unspecified atom stereocenters. The van der Waals surface area contributed by atoms with E-state index in [9.17, 15) is 18.4 Å². The van der Waals surface area contributed by atoms with E-state index in [1.165, 1.54) is 6.07 Å². The molecule has 1 amide bonds. The summed E-state index contributed by atoms with van der Waals surface area (Å²) in [5, 5.41) is 19.5. The van der Waals surface area contributed by atoms with Crippen LogP contribution in [0.25, 0.3) is 0 Å². The number of para-hydroxylation sites is 1. The largest absolute Gasteiger partial charge is 0.597 e. The third-order valence-corrected chi connectivity index (χ3v) is 6.51. The molecule has 1 saturated heterocycles. The molecule has 4 rings (SSSR count). The van der Waals surface area contributed by atoms with Gasteiger partial charge in [0, 0.05) is 13.1 Å². The number of fused-ring (bicyclic) bond motifs is 1. The van der Waals surface area contributed by atoms with Gasteiger partial charge < -0.3 is 15.3 Å². The molecule has 0 saturated carbocycles. The number of hydrogen-bond acceptors (Lipinski definition) is 8. The highest BCUT2D eigenvalue weighted by Gasteiger charge is 2.44. The second-order valence-corrected chi connectivity index (χ2v) is 8.18.